The summed E-state index contributed by atoms with van der Waals surface area (Å²) in [4.78, 5) is 17.1. The summed E-state index contributed by atoms with van der Waals surface area (Å²) >= 11 is 0. The number of carbonyl (C=O) groups is 1. The molecule has 6 nitrogen and oxygen atoms in total. The van der Waals surface area contributed by atoms with E-state index < -0.39 is 11.7 Å². The van der Waals surface area contributed by atoms with Crippen LogP contribution in [0.3, 0.4) is 0 Å². The van der Waals surface area contributed by atoms with Gasteiger partial charge >= 0.3 is 0 Å². The monoisotopic (exact) mass is 321 g/mol. The van der Waals surface area contributed by atoms with Crippen LogP contribution in [0.5, 0.6) is 5.75 Å². The molecule has 0 fully saturated rings. The zero-order chi connectivity index (χ0) is 16.6. The highest BCUT2D eigenvalue weighted by atomic mass is 16.5. The van der Waals surface area contributed by atoms with Crippen LogP contribution >= 0.6 is 0 Å². The third-order valence-corrected chi connectivity index (χ3v) is 4.23. The number of ether oxygens (including phenoxy) is 1. The van der Waals surface area contributed by atoms with Crippen molar-refractivity contribution in [1.82, 2.24) is 14.8 Å². The maximum atomic E-state index is 13.2. The second kappa shape index (κ2) is 5.58. The van der Waals surface area contributed by atoms with Gasteiger partial charge in [0.1, 0.15) is 24.5 Å². The minimum atomic E-state index is -1.47. The van der Waals surface area contributed by atoms with Gasteiger partial charge in [0.15, 0.2) is 0 Å². The number of rotatable bonds is 4. The molecule has 0 amide bonds. The molecule has 0 radical (unpaired) electrons. The highest BCUT2D eigenvalue weighted by Crippen LogP contribution is 2.45. The Hall–Kier alpha value is -2.99. The first-order valence-electron chi connectivity index (χ1n) is 7.59. The Morgan fingerprint density at radius 3 is 2.62 bits per heavy atom. The minimum Gasteiger partial charge on any atom is -0.474 e. The Kier molecular flexibility index (Phi) is 3.39. The molecule has 0 aliphatic carbocycles. The summed E-state index contributed by atoms with van der Waals surface area (Å²) in [6.07, 6.45) is 1.79. The van der Waals surface area contributed by atoms with Crippen molar-refractivity contribution in [3.63, 3.8) is 0 Å². The Bertz CT molecular complexity index is 860. The molecule has 4 rings (SSSR count). The molecule has 0 saturated heterocycles. The SMILES string of the molecule is O=C(c1ccccc1)[C@@]1(Cn2cncn2)Oc2ccccc2[C@@H]1O. The summed E-state index contributed by atoms with van der Waals surface area (Å²) in [6, 6.07) is 16.0. The van der Waals surface area contributed by atoms with E-state index >= 15 is 0 Å². The Morgan fingerprint density at radius 1 is 1.17 bits per heavy atom. The predicted octanol–water partition coefficient (Wildman–Crippen LogP) is 2.03. The Balaban J connectivity index is 1.81. The molecule has 120 valence electrons. The first-order valence-corrected chi connectivity index (χ1v) is 7.59. The second-order valence-electron chi connectivity index (χ2n) is 5.72. The molecule has 2 atom stereocenters. The second-order valence-corrected chi connectivity index (χ2v) is 5.72. The lowest BCUT2D eigenvalue weighted by molar-refractivity contribution is -0.0235. The fourth-order valence-corrected chi connectivity index (χ4v) is 3.05. The van der Waals surface area contributed by atoms with Gasteiger partial charge in [0.05, 0.1) is 6.54 Å². The van der Waals surface area contributed by atoms with E-state index in [0.717, 1.165) is 0 Å². The molecule has 0 unspecified atom stereocenters. The van der Waals surface area contributed by atoms with E-state index in [1.165, 1.54) is 17.3 Å². The van der Waals surface area contributed by atoms with Crippen LogP contribution in [0.2, 0.25) is 0 Å². The van der Waals surface area contributed by atoms with Gasteiger partial charge in [-0.2, -0.15) is 5.10 Å². The molecule has 0 saturated carbocycles. The van der Waals surface area contributed by atoms with Crippen molar-refractivity contribution in [1.29, 1.82) is 0 Å². The number of aliphatic hydroxyl groups excluding tert-OH is 1. The van der Waals surface area contributed by atoms with Crippen molar-refractivity contribution < 1.29 is 14.6 Å². The standard InChI is InChI=1S/C18H15N3O3/c22-16(13-6-2-1-3-7-13)18(10-21-12-19-11-20-21)17(23)14-8-4-5-9-15(14)24-18/h1-9,11-12,17,23H,10H2/t17-,18+/m0/s1. The topological polar surface area (TPSA) is 77.2 Å². The predicted molar refractivity (Wildman–Crippen MR) is 85.6 cm³/mol. The van der Waals surface area contributed by atoms with E-state index in [2.05, 4.69) is 10.1 Å². The van der Waals surface area contributed by atoms with Crippen molar-refractivity contribution >= 4 is 5.78 Å². The van der Waals surface area contributed by atoms with Gasteiger partial charge in [-0.05, 0) is 6.07 Å². The van der Waals surface area contributed by atoms with Gasteiger partial charge in [-0.1, -0.05) is 48.5 Å². The molecule has 24 heavy (non-hydrogen) atoms. The number of carbonyl (C=O) groups excluding carboxylic acids is 1. The van der Waals surface area contributed by atoms with Crippen LogP contribution < -0.4 is 4.74 Å². The summed E-state index contributed by atoms with van der Waals surface area (Å²) in [6.45, 7) is 0.0660. The number of hydrogen-bond donors (Lipinski definition) is 1. The van der Waals surface area contributed by atoms with E-state index in [4.69, 9.17) is 4.74 Å². The molecule has 2 heterocycles. The van der Waals surface area contributed by atoms with Crippen LogP contribution in [0.1, 0.15) is 22.0 Å². The van der Waals surface area contributed by atoms with E-state index in [-0.39, 0.29) is 12.3 Å². The molecular weight excluding hydrogens is 306 g/mol. The number of ketones is 1. The van der Waals surface area contributed by atoms with Crippen LogP contribution in [-0.4, -0.2) is 31.3 Å². The average molecular weight is 321 g/mol. The fraction of sp³-hybridized carbons (Fsp3) is 0.167. The van der Waals surface area contributed by atoms with Crippen LogP contribution in [-0.2, 0) is 6.54 Å². The number of benzene rings is 2. The van der Waals surface area contributed by atoms with Crippen LogP contribution in [0.25, 0.3) is 0 Å². The maximum Gasteiger partial charge on any atom is 0.220 e. The molecule has 1 aliphatic heterocycles. The number of hydrogen-bond acceptors (Lipinski definition) is 5. The summed E-state index contributed by atoms with van der Waals surface area (Å²) in [5.41, 5.74) is -0.398. The molecule has 0 spiro atoms. The number of aromatic nitrogens is 3. The highest BCUT2D eigenvalue weighted by molar-refractivity contribution is 6.03. The van der Waals surface area contributed by atoms with Crippen LogP contribution in [0, 0.1) is 0 Å². The maximum absolute atomic E-state index is 13.2. The molecule has 2 aromatic carbocycles. The Labute approximate surface area is 138 Å². The van der Waals surface area contributed by atoms with Gasteiger partial charge < -0.3 is 9.84 Å². The molecule has 6 heteroatoms. The molecule has 1 N–H and O–H groups in total. The molecule has 3 aromatic rings. The fourth-order valence-electron chi connectivity index (χ4n) is 3.05. The zero-order valence-electron chi connectivity index (χ0n) is 12.7. The van der Waals surface area contributed by atoms with Gasteiger partial charge in [0.2, 0.25) is 11.4 Å². The summed E-state index contributed by atoms with van der Waals surface area (Å²) in [5, 5.41) is 15.0. The third-order valence-electron chi connectivity index (χ3n) is 4.23. The van der Waals surface area contributed by atoms with E-state index in [1.807, 2.05) is 18.2 Å². The largest absolute Gasteiger partial charge is 0.474 e. The van der Waals surface area contributed by atoms with Crippen LogP contribution in [0.15, 0.2) is 67.3 Å². The van der Waals surface area contributed by atoms with E-state index in [1.54, 1.807) is 36.4 Å². The van der Waals surface area contributed by atoms with Crippen LogP contribution in [0.4, 0.5) is 0 Å². The first-order chi connectivity index (χ1) is 11.7. The zero-order valence-corrected chi connectivity index (χ0v) is 12.7. The van der Waals surface area contributed by atoms with E-state index in [0.29, 0.717) is 16.9 Å². The van der Waals surface area contributed by atoms with Gasteiger partial charge in [0.25, 0.3) is 0 Å². The lowest BCUT2D eigenvalue weighted by Gasteiger charge is -2.30. The quantitative estimate of drug-likeness (QED) is 0.744. The summed E-state index contributed by atoms with van der Waals surface area (Å²) < 4.78 is 7.50. The molecule has 0 bridgehead atoms. The number of para-hydroxylation sites is 1. The van der Waals surface area contributed by atoms with Crippen molar-refractivity contribution in [2.45, 2.75) is 18.2 Å². The first kappa shape index (κ1) is 14.6. The lowest BCUT2D eigenvalue weighted by Crippen LogP contribution is -2.50. The number of aliphatic hydroxyl groups is 1. The molecular formula is C18H15N3O3. The van der Waals surface area contributed by atoms with Gasteiger partial charge in [-0.15, -0.1) is 0 Å². The summed E-state index contributed by atoms with van der Waals surface area (Å²) in [7, 11) is 0. The van der Waals surface area contributed by atoms with Crippen molar-refractivity contribution in [3.05, 3.63) is 78.4 Å². The van der Waals surface area contributed by atoms with Crippen molar-refractivity contribution in [2.24, 2.45) is 0 Å². The average Bonchev–Trinajstić information content (AvgIpc) is 3.23. The third kappa shape index (κ3) is 2.19. The van der Waals surface area contributed by atoms with Gasteiger partial charge in [0, 0.05) is 11.1 Å². The van der Waals surface area contributed by atoms with E-state index in [9.17, 15) is 9.90 Å². The smallest absolute Gasteiger partial charge is 0.220 e. The molecule has 1 aliphatic rings. The highest BCUT2D eigenvalue weighted by Gasteiger charge is 2.54. The number of Topliss-reactive ketones (excluding diaryl/α,β-unsaturated/α-hetero) is 1. The minimum absolute atomic E-state index is 0.0660. The van der Waals surface area contributed by atoms with Crippen molar-refractivity contribution in [3.8, 4) is 5.75 Å². The lowest BCUT2D eigenvalue weighted by atomic mass is 9.86. The normalized spacial score (nSPS) is 22.0. The number of nitrogens with zero attached hydrogens (tertiary/aromatic N) is 3. The number of fused-ring (bicyclic) bond motifs is 1. The van der Waals surface area contributed by atoms with Gasteiger partial charge in [-0.3, -0.25) is 4.79 Å². The van der Waals surface area contributed by atoms with Gasteiger partial charge in [-0.25, -0.2) is 9.67 Å². The summed E-state index contributed by atoms with van der Waals surface area (Å²) in [5.74, 6) is 0.219. The van der Waals surface area contributed by atoms with Crippen molar-refractivity contribution in [2.75, 3.05) is 0 Å². The molecule has 1 aromatic heterocycles. The Morgan fingerprint density at radius 2 is 1.92 bits per heavy atom.